The van der Waals surface area contributed by atoms with Gasteiger partial charge in [-0.1, -0.05) is 0 Å². The minimum absolute atomic E-state index is 0.417. The molecule has 0 spiro atoms. The first kappa shape index (κ1) is 9.86. The maximum Gasteiger partial charge on any atom is 0.245 e. The molecule has 4 heteroatoms. The second-order valence-electron chi connectivity index (χ2n) is 3.57. The van der Waals surface area contributed by atoms with Crippen LogP contribution in [-0.2, 0) is 0 Å². The molecule has 0 radical (unpaired) electrons. The molecule has 12 heavy (non-hydrogen) atoms. The fourth-order valence-electron chi connectivity index (χ4n) is 1.76. The van der Waals surface area contributed by atoms with Gasteiger partial charge in [0.25, 0.3) is 0 Å². The van der Waals surface area contributed by atoms with E-state index in [9.17, 15) is 8.78 Å². The monoisotopic (exact) mass is 178 g/mol. The molecule has 3 N–H and O–H groups in total. The van der Waals surface area contributed by atoms with Crippen molar-refractivity contribution in [2.75, 3.05) is 13.1 Å². The first-order valence-corrected chi connectivity index (χ1v) is 4.34. The van der Waals surface area contributed by atoms with Gasteiger partial charge in [-0.3, -0.25) is 0 Å². The van der Waals surface area contributed by atoms with Crippen LogP contribution in [0.2, 0.25) is 0 Å². The van der Waals surface area contributed by atoms with Gasteiger partial charge in [0.15, 0.2) is 0 Å². The van der Waals surface area contributed by atoms with Crippen LogP contribution >= 0.6 is 0 Å². The maximum absolute atomic E-state index is 12.7. The van der Waals surface area contributed by atoms with Crippen LogP contribution in [0.15, 0.2) is 0 Å². The van der Waals surface area contributed by atoms with Crippen LogP contribution in [0.5, 0.6) is 0 Å². The Balaban J connectivity index is 2.70. The summed E-state index contributed by atoms with van der Waals surface area (Å²) in [7, 11) is 0. The number of hydrogen-bond acceptors (Lipinski definition) is 2. The van der Waals surface area contributed by atoms with Gasteiger partial charge in [0, 0.05) is 11.5 Å². The Morgan fingerprint density at radius 1 is 1.33 bits per heavy atom. The summed E-state index contributed by atoms with van der Waals surface area (Å²) < 4.78 is 25.4. The van der Waals surface area contributed by atoms with E-state index >= 15 is 0 Å². The van der Waals surface area contributed by atoms with E-state index in [0.717, 1.165) is 0 Å². The highest BCUT2D eigenvalue weighted by Gasteiger charge is 2.43. The van der Waals surface area contributed by atoms with E-state index in [1.807, 2.05) is 0 Å². The largest absolute Gasteiger partial charge is 0.327 e. The zero-order chi connectivity index (χ0) is 9.19. The Labute approximate surface area is 71.5 Å². The van der Waals surface area contributed by atoms with Crippen LogP contribution in [0.4, 0.5) is 8.78 Å². The van der Waals surface area contributed by atoms with Crippen molar-refractivity contribution in [1.29, 1.82) is 0 Å². The lowest BCUT2D eigenvalue weighted by Crippen LogP contribution is -2.51. The van der Waals surface area contributed by atoms with Gasteiger partial charge in [-0.2, -0.15) is 0 Å². The topological polar surface area (TPSA) is 38.0 Å². The van der Waals surface area contributed by atoms with Crippen LogP contribution in [0.25, 0.3) is 0 Å². The average Bonchev–Trinajstić information content (AvgIpc) is 2.05. The molecule has 0 aromatic rings. The molecule has 0 saturated carbocycles. The number of alkyl halides is 2. The molecule has 1 rings (SSSR count). The minimum atomic E-state index is -2.29. The predicted molar refractivity (Wildman–Crippen MR) is 44.2 cm³/mol. The van der Waals surface area contributed by atoms with E-state index in [0.29, 0.717) is 25.9 Å². The highest BCUT2D eigenvalue weighted by Crippen LogP contribution is 2.37. The van der Waals surface area contributed by atoms with Gasteiger partial charge in [-0.25, -0.2) is 8.78 Å². The number of rotatable bonds is 2. The third kappa shape index (κ3) is 1.59. The zero-order valence-corrected chi connectivity index (χ0v) is 7.32. The number of piperidine rings is 1. The van der Waals surface area contributed by atoms with Crippen molar-refractivity contribution < 1.29 is 8.78 Å². The smallest absolute Gasteiger partial charge is 0.245 e. The molecule has 1 heterocycles. The first-order chi connectivity index (χ1) is 5.59. The number of hydrogen-bond donors (Lipinski definition) is 2. The summed E-state index contributed by atoms with van der Waals surface area (Å²) >= 11 is 0. The highest BCUT2D eigenvalue weighted by molar-refractivity contribution is 4.92. The molecule has 0 amide bonds. The molecule has 1 aliphatic heterocycles. The summed E-state index contributed by atoms with van der Waals surface area (Å²) in [5.74, 6) is 0. The van der Waals surface area contributed by atoms with Crippen molar-refractivity contribution in [1.82, 2.24) is 5.32 Å². The van der Waals surface area contributed by atoms with Gasteiger partial charge in [0.05, 0.1) is 0 Å². The van der Waals surface area contributed by atoms with Gasteiger partial charge in [-0.15, -0.1) is 0 Å². The van der Waals surface area contributed by atoms with E-state index in [-0.39, 0.29) is 0 Å². The lowest BCUT2D eigenvalue weighted by molar-refractivity contribution is -0.0402. The quantitative estimate of drug-likeness (QED) is 0.661. The molecule has 2 nitrogen and oxygen atoms in total. The molecule has 0 aliphatic carbocycles. The van der Waals surface area contributed by atoms with Crippen molar-refractivity contribution >= 4 is 0 Å². The molecule has 0 aromatic heterocycles. The van der Waals surface area contributed by atoms with Crippen LogP contribution in [-0.4, -0.2) is 25.6 Å². The van der Waals surface area contributed by atoms with Gasteiger partial charge in [0.1, 0.15) is 0 Å². The Hall–Kier alpha value is -0.220. The van der Waals surface area contributed by atoms with Gasteiger partial charge >= 0.3 is 0 Å². The summed E-state index contributed by atoms with van der Waals surface area (Å²) in [6, 6.07) is -0.417. The van der Waals surface area contributed by atoms with E-state index in [1.165, 1.54) is 0 Å². The summed E-state index contributed by atoms with van der Waals surface area (Å²) in [4.78, 5) is 0. The SMILES string of the molecule is CC(N)C1(C(F)F)CCNCC1. The summed E-state index contributed by atoms with van der Waals surface area (Å²) in [6.45, 7) is 3.00. The van der Waals surface area contributed by atoms with Crippen LogP contribution in [0.1, 0.15) is 19.8 Å². The van der Waals surface area contributed by atoms with Crippen LogP contribution in [0, 0.1) is 5.41 Å². The van der Waals surface area contributed by atoms with Crippen LogP contribution < -0.4 is 11.1 Å². The van der Waals surface area contributed by atoms with Crippen molar-refractivity contribution in [2.45, 2.75) is 32.2 Å². The van der Waals surface area contributed by atoms with E-state index in [2.05, 4.69) is 5.32 Å². The number of halogens is 2. The average molecular weight is 178 g/mol. The minimum Gasteiger partial charge on any atom is -0.327 e. The molecule has 1 atom stereocenters. The molecule has 1 unspecified atom stereocenters. The first-order valence-electron chi connectivity index (χ1n) is 4.34. The molecular weight excluding hydrogens is 162 g/mol. The molecule has 1 fully saturated rings. The van der Waals surface area contributed by atoms with E-state index < -0.39 is 17.9 Å². The zero-order valence-electron chi connectivity index (χ0n) is 7.32. The second kappa shape index (κ2) is 3.66. The van der Waals surface area contributed by atoms with Crippen molar-refractivity contribution in [3.8, 4) is 0 Å². The molecule has 0 aromatic carbocycles. The number of nitrogens with one attached hydrogen (secondary N) is 1. The predicted octanol–water partition coefficient (Wildman–Crippen LogP) is 0.969. The Morgan fingerprint density at radius 3 is 2.08 bits per heavy atom. The molecule has 0 bridgehead atoms. The normalized spacial score (nSPS) is 25.8. The third-order valence-corrected chi connectivity index (χ3v) is 2.88. The maximum atomic E-state index is 12.7. The third-order valence-electron chi connectivity index (χ3n) is 2.88. The Kier molecular flexibility index (Phi) is 3.01. The van der Waals surface area contributed by atoms with Crippen LogP contribution in [0.3, 0.4) is 0 Å². The van der Waals surface area contributed by atoms with Crippen molar-refractivity contribution in [3.05, 3.63) is 0 Å². The second-order valence-corrected chi connectivity index (χ2v) is 3.57. The van der Waals surface area contributed by atoms with E-state index in [1.54, 1.807) is 6.92 Å². The Bertz CT molecular complexity index is 132. The molecule has 72 valence electrons. The van der Waals surface area contributed by atoms with Crippen molar-refractivity contribution in [2.24, 2.45) is 11.1 Å². The molecule has 1 saturated heterocycles. The fraction of sp³-hybridized carbons (Fsp3) is 1.00. The van der Waals surface area contributed by atoms with E-state index in [4.69, 9.17) is 5.73 Å². The Morgan fingerprint density at radius 2 is 1.83 bits per heavy atom. The summed E-state index contributed by atoms with van der Waals surface area (Å²) in [6.07, 6.45) is -1.32. The lowest BCUT2D eigenvalue weighted by atomic mass is 9.74. The fourth-order valence-corrected chi connectivity index (χ4v) is 1.76. The number of nitrogens with two attached hydrogens (primary N) is 1. The van der Waals surface area contributed by atoms with Crippen molar-refractivity contribution in [3.63, 3.8) is 0 Å². The van der Waals surface area contributed by atoms with Gasteiger partial charge in [0.2, 0.25) is 6.43 Å². The molecule has 1 aliphatic rings. The standard InChI is InChI=1S/C8H16F2N2/c1-6(11)8(7(9)10)2-4-12-5-3-8/h6-7,12H,2-5,11H2,1H3. The summed E-state index contributed by atoms with van der Waals surface area (Å²) in [5.41, 5.74) is 4.66. The van der Waals surface area contributed by atoms with Gasteiger partial charge in [-0.05, 0) is 32.9 Å². The lowest BCUT2D eigenvalue weighted by Gasteiger charge is -2.39. The highest BCUT2D eigenvalue weighted by atomic mass is 19.3. The molecular formula is C8H16F2N2. The summed E-state index contributed by atoms with van der Waals surface area (Å²) in [5, 5.41) is 3.06. The van der Waals surface area contributed by atoms with Gasteiger partial charge < -0.3 is 11.1 Å².